The molecule has 0 saturated heterocycles. The fraction of sp³-hybridized carbons (Fsp3) is 0.429. The van der Waals surface area contributed by atoms with Crippen LogP contribution in [0.25, 0.3) is 0 Å². The summed E-state index contributed by atoms with van der Waals surface area (Å²) in [6.07, 6.45) is 1.87. The van der Waals surface area contributed by atoms with Crippen LogP contribution in [-0.2, 0) is 9.53 Å². The van der Waals surface area contributed by atoms with Crippen molar-refractivity contribution >= 4 is 17.3 Å². The number of methoxy groups -OCH3 is 1. The molecule has 1 aromatic heterocycles. The summed E-state index contributed by atoms with van der Waals surface area (Å²) in [5.74, 6) is -0.295. The summed E-state index contributed by atoms with van der Waals surface area (Å²) in [6, 6.07) is -0.287. The average Bonchev–Trinajstić information content (AvgIpc) is 2.56. The third kappa shape index (κ3) is 2.28. The summed E-state index contributed by atoms with van der Waals surface area (Å²) < 4.78 is 4.48. The summed E-state index contributed by atoms with van der Waals surface area (Å²) in [5.41, 5.74) is 7.37. The quantitative estimate of drug-likeness (QED) is 0.706. The third-order valence-corrected chi connectivity index (χ3v) is 2.34. The van der Waals surface area contributed by atoms with Gasteiger partial charge in [0.2, 0.25) is 0 Å². The van der Waals surface area contributed by atoms with Crippen molar-refractivity contribution in [2.24, 2.45) is 5.73 Å². The Kier molecular flexibility index (Phi) is 3.19. The molecule has 0 fully saturated rings. The largest absolute Gasteiger partial charge is 0.469 e. The smallest absolute Gasteiger partial charge is 0.307 e. The van der Waals surface area contributed by atoms with E-state index in [9.17, 15) is 4.79 Å². The second-order valence-corrected chi connectivity index (χ2v) is 3.21. The van der Waals surface area contributed by atoms with E-state index in [0.29, 0.717) is 0 Å². The predicted octanol–water partition coefficient (Wildman–Crippen LogP) is 0.706. The van der Waals surface area contributed by atoms with Crippen molar-refractivity contribution < 1.29 is 9.53 Å². The molecule has 2 N–H and O–H groups in total. The zero-order chi connectivity index (χ0) is 8.97. The molecule has 0 bridgehead atoms. The van der Waals surface area contributed by atoms with Gasteiger partial charge in [-0.05, 0) is 0 Å². The lowest BCUT2D eigenvalue weighted by Crippen LogP contribution is -2.15. The maximum Gasteiger partial charge on any atom is 0.307 e. The number of hydrogen-bond donors (Lipinski definition) is 1. The van der Waals surface area contributed by atoms with E-state index < -0.39 is 0 Å². The van der Waals surface area contributed by atoms with Crippen LogP contribution in [0.3, 0.4) is 0 Å². The summed E-state index contributed by atoms with van der Waals surface area (Å²) in [5, 5.41) is 0. The molecule has 0 saturated carbocycles. The Bertz CT molecular complexity index is 248. The molecule has 0 amide bonds. The number of hydrogen-bond acceptors (Lipinski definition) is 5. The molecule has 1 heterocycles. The lowest BCUT2D eigenvalue weighted by atomic mass is 10.2. The molecule has 5 heteroatoms. The maximum atomic E-state index is 10.8. The summed E-state index contributed by atoms with van der Waals surface area (Å²) in [4.78, 5) is 15.6. The number of ether oxygens (including phenoxy) is 1. The first-order valence-corrected chi connectivity index (χ1v) is 4.32. The standard InChI is InChI=1S/C7H10N2O2S/c1-11-7(10)2-5(8)6-3-9-4-12-6/h3-5H,2,8H2,1H3/t5-/m0/s1. The summed E-state index contributed by atoms with van der Waals surface area (Å²) in [7, 11) is 1.35. The molecular formula is C7H10N2O2S. The van der Waals surface area contributed by atoms with Gasteiger partial charge in [-0.15, -0.1) is 11.3 Å². The minimum Gasteiger partial charge on any atom is -0.469 e. The van der Waals surface area contributed by atoms with Crippen molar-refractivity contribution in [1.29, 1.82) is 0 Å². The molecule has 4 nitrogen and oxygen atoms in total. The second-order valence-electron chi connectivity index (χ2n) is 2.29. The SMILES string of the molecule is COC(=O)C[C@H](N)c1cncs1. The van der Waals surface area contributed by atoms with Gasteiger partial charge >= 0.3 is 5.97 Å². The number of rotatable bonds is 3. The minimum atomic E-state index is -0.295. The zero-order valence-electron chi connectivity index (χ0n) is 6.69. The van der Waals surface area contributed by atoms with E-state index in [0.717, 1.165) is 4.88 Å². The zero-order valence-corrected chi connectivity index (χ0v) is 7.50. The lowest BCUT2D eigenvalue weighted by molar-refractivity contribution is -0.141. The van der Waals surface area contributed by atoms with Crippen molar-refractivity contribution in [3.63, 3.8) is 0 Å². The highest BCUT2D eigenvalue weighted by atomic mass is 32.1. The van der Waals surface area contributed by atoms with Crippen LogP contribution in [0.15, 0.2) is 11.7 Å². The molecule has 0 aromatic carbocycles. The van der Waals surface area contributed by atoms with E-state index >= 15 is 0 Å². The van der Waals surface area contributed by atoms with E-state index in [1.54, 1.807) is 11.7 Å². The van der Waals surface area contributed by atoms with Crippen molar-refractivity contribution in [2.75, 3.05) is 7.11 Å². The fourth-order valence-electron chi connectivity index (χ4n) is 0.772. The monoisotopic (exact) mass is 186 g/mol. The van der Waals surface area contributed by atoms with Gasteiger partial charge in [0.25, 0.3) is 0 Å². The number of nitrogens with two attached hydrogens (primary N) is 1. The molecule has 1 rings (SSSR count). The third-order valence-electron chi connectivity index (χ3n) is 1.43. The van der Waals surface area contributed by atoms with Gasteiger partial charge in [0.05, 0.1) is 25.1 Å². The molecule has 0 spiro atoms. The topological polar surface area (TPSA) is 65.2 Å². The van der Waals surface area contributed by atoms with Crippen LogP contribution >= 0.6 is 11.3 Å². The van der Waals surface area contributed by atoms with Crippen LogP contribution in [-0.4, -0.2) is 18.1 Å². The van der Waals surface area contributed by atoms with Crippen LogP contribution in [0.5, 0.6) is 0 Å². The van der Waals surface area contributed by atoms with Gasteiger partial charge in [-0.2, -0.15) is 0 Å². The highest BCUT2D eigenvalue weighted by Crippen LogP contribution is 2.17. The van der Waals surface area contributed by atoms with Gasteiger partial charge in [-0.1, -0.05) is 0 Å². The highest BCUT2D eigenvalue weighted by Gasteiger charge is 2.12. The highest BCUT2D eigenvalue weighted by molar-refractivity contribution is 7.09. The number of esters is 1. The Labute approximate surface area is 74.4 Å². The molecular weight excluding hydrogens is 176 g/mol. The molecule has 1 atom stereocenters. The van der Waals surface area contributed by atoms with Crippen molar-refractivity contribution in [2.45, 2.75) is 12.5 Å². The molecule has 0 aliphatic rings. The molecule has 0 aliphatic carbocycles. The fourth-order valence-corrected chi connectivity index (χ4v) is 1.40. The molecule has 0 radical (unpaired) electrons. The van der Waals surface area contributed by atoms with Crippen LogP contribution in [0.2, 0.25) is 0 Å². The van der Waals surface area contributed by atoms with E-state index in [-0.39, 0.29) is 18.4 Å². The first kappa shape index (κ1) is 9.15. The lowest BCUT2D eigenvalue weighted by Gasteiger charge is -2.05. The van der Waals surface area contributed by atoms with Crippen LogP contribution in [0.4, 0.5) is 0 Å². The first-order chi connectivity index (χ1) is 5.74. The number of aromatic nitrogens is 1. The van der Waals surface area contributed by atoms with Crippen molar-refractivity contribution in [1.82, 2.24) is 4.98 Å². The maximum absolute atomic E-state index is 10.8. The minimum absolute atomic E-state index is 0.207. The molecule has 0 unspecified atom stereocenters. The Morgan fingerprint density at radius 3 is 3.17 bits per heavy atom. The van der Waals surface area contributed by atoms with Gasteiger partial charge in [0.1, 0.15) is 0 Å². The van der Waals surface area contributed by atoms with Crippen LogP contribution in [0.1, 0.15) is 17.3 Å². The van der Waals surface area contributed by atoms with Gasteiger partial charge in [0.15, 0.2) is 0 Å². The Balaban J connectivity index is 2.49. The normalized spacial score (nSPS) is 12.5. The van der Waals surface area contributed by atoms with E-state index in [1.807, 2.05) is 0 Å². The number of carbonyl (C=O) groups is 1. The summed E-state index contributed by atoms with van der Waals surface area (Å²) >= 11 is 1.44. The molecule has 66 valence electrons. The number of carbonyl (C=O) groups excluding carboxylic acids is 1. The van der Waals surface area contributed by atoms with Gasteiger partial charge < -0.3 is 10.5 Å². The summed E-state index contributed by atoms with van der Waals surface area (Å²) in [6.45, 7) is 0. The predicted molar refractivity (Wildman–Crippen MR) is 45.7 cm³/mol. The Morgan fingerprint density at radius 2 is 2.67 bits per heavy atom. The van der Waals surface area contributed by atoms with Crippen molar-refractivity contribution in [3.8, 4) is 0 Å². The van der Waals surface area contributed by atoms with E-state index in [4.69, 9.17) is 5.73 Å². The number of nitrogens with zero attached hydrogens (tertiary/aromatic N) is 1. The molecule has 1 aromatic rings. The van der Waals surface area contributed by atoms with E-state index in [1.165, 1.54) is 18.4 Å². The van der Waals surface area contributed by atoms with Crippen LogP contribution in [0, 0.1) is 0 Å². The van der Waals surface area contributed by atoms with Crippen LogP contribution < -0.4 is 5.73 Å². The molecule has 12 heavy (non-hydrogen) atoms. The van der Waals surface area contributed by atoms with Crippen molar-refractivity contribution in [3.05, 3.63) is 16.6 Å². The Hall–Kier alpha value is -0.940. The molecule has 0 aliphatic heterocycles. The second kappa shape index (κ2) is 4.18. The average molecular weight is 186 g/mol. The van der Waals surface area contributed by atoms with Gasteiger partial charge in [-0.25, -0.2) is 0 Å². The van der Waals surface area contributed by atoms with Gasteiger partial charge in [0, 0.05) is 11.1 Å². The first-order valence-electron chi connectivity index (χ1n) is 3.45. The van der Waals surface area contributed by atoms with E-state index in [2.05, 4.69) is 9.72 Å². The van der Waals surface area contributed by atoms with Gasteiger partial charge in [-0.3, -0.25) is 9.78 Å². The Morgan fingerprint density at radius 1 is 1.92 bits per heavy atom. The number of thiazole rings is 1.